The minimum absolute atomic E-state index is 0.0275. The molecule has 2 aromatic rings. The molecule has 1 N–H and O–H groups in total. The first-order valence-electron chi connectivity index (χ1n) is 5.96. The number of oxazole rings is 1. The van der Waals surface area contributed by atoms with Crippen molar-refractivity contribution in [2.24, 2.45) is 0 Å². The van der Waals surface area contributed by atoms with Crippen LogP contribution >= 0.6 is 11.8 Å². The number of non-ortho nitro benzene ring substituents is 1. The third-order valence-corrected chi connectivity index (χ3v) is 4.82. The summed E-state index contributed by atoms with van der Waals surface area (Å²) in [5, 5.41) is 14.0. The van der Waals surface area contributed by atoms with Crippen molar-refractivity contribution in [3.63, 3.8) is 0 Å². The fourth-order valence-electron chi connectivity index (χ4n) is 1.99. The number of para-hydroxylation sites is 1. The van der Waals surface area contributed by atoms with E-state index >= 15 is 0 Å². The summed E-state index contributed by atoms with van der Waals surface area (Å²) in [6, 6.07) is 5.06. The summed E-state index contributed by atoms with van der Waals surface area (Å²) in [6.07, 6.45) is 4.45. The van der Waals surface area contributed by atoms with Crippen LogP contribution in [0.2, 0.25) is 0 Å². The smallest absolute Gasteiger partial charge is 0.298 e. The summed E-state index contributed by atoms with van der Waals surface area (Å²) < 4.78 is 5.77. The Kier molecular flexibility index (Phi) is 2.85. The van der Waals surface area contributed by atoms with Crippen molar-refractivity contribution in [2.45, 2.75) is 17.6 Å². The highest BCUT2D eigenvalue weighted by Gasteiger charge is 2.41. The number of nitrogens with one attached hydrogen (secondary N) is 1. The maximum Gasteiger partial charge on any atom is 0.298 e. The number of nitro groups is 1. The van der Waals surface area contributed by atoms with Gasteiger partial charge in [0.25, 0.3) is 11.7 Å². The molecule has 100 valence electrons. The molecule has 1 aliphatic rings. The van der Waals surface area contributed by atoms with E-state index in [1.807, 2.05) is 11.8 Å². The molecule has 0 spiro atoms. The number of rotatable bonds is 5. The number of hydrogen-bond donors (Lipinski definition) is 1. The van der Waals surface area contributed by atoms with Crippen LogP contribution in [-0.4, -0.2) is 27.5 Å². The summed E-state index contributed by atoms with van der Waals surface area (Å²) in [6.45, 7) is 0.773. The number of anilines is 1. The van der Waals surface area contributed by atoms with Gasteiger partial charge in [-0.05, 0) is 25.2 Å². The van der Waals surface area contributed by atoms with Crippen LogP contribution in [0.4, 0.5) is 11.7 Å². The van der Waals surface area contributed by atoms with Gasteiger partial charge in [-0.2, -0.15) is 16.7 Å². The van der Waals surface area contributed by atoms with E-state index in [0.29, 0.717) is 17.1 Å². The molecule has 6 nitrogen and oxygen atoms in total. The molecule has 0 aliphatic heterocycles. The Balaban J connectivity index is 1.85. The first-order chi connectivity index (χ1) is 9.13. The molecule has 1 aromatic carbocycles. The number of hydrogen-bond acceptors (Lipinski definition) is 6. The van der Waals surface area contributed by atoms with Crippen molar-refractivity contribution in [2.75, 3.05) is 18.1 Å². The molecule has 0 bridgehead atoms. The second kappa shape index (κ2) is 4.41. The average Bonchev–Trinajstić information content (AvgIpc) is 3.07. The van der Waals surface area contributed by atoms with Crippen LogP contribution in [0.1, 0.15) is 12.8 Å². The van der Waals surface area contributed by atoms with E-state index in [0.717, 1.165) is 6.54 Å². The van der Waals surface area contributed by atoms with Gasteiger partial charge in [0, 0.05) is 17.4 Å². The average molecular weight is 279 g/mol. The lowest BCUT2D eigenvalue weighted by Crippen LogP contribution is -2.17. The maximum atomic E-state index is 10.9. The van der Waals surface area contributed by atoms with E-state index in [2.05, 4.69) is 16.6 Å². The van der Waals surface area contributed by atoms with Gasteiger partial charge in [0.2, 0.25) is 0 Å². The zero-order valence-corrected chi connectivity index (χ0v) is 11.2. The van der Waals surface area contributed by atoms with Crippen LogP contribution in [0, 0.1) is 10.1 Å². The number of thioether (sulfide) groups is 1. The summed E-state index contributed by atoms with van der Waals surface area (Å²) in [5.74, 6) is 0. The Labute approximate surface area is 113 Å². The molecule has 1 saturated carbocycles. The molecule has 0 unspecified atom stereocenters. The van der Waals surface area contributed by atoms with Crippen LogP contribution in [-0.2, 0) is 0 Å². The van der Waals surface area contributed by atoms with Crippen molar-refractivity contribution in [3.05, 3.63) is 28.3 Å². The lowest BCUT2D eigenvalue weighted by atomic mass is 10.3. The number of benzene rings is 1. The minimum Gasteiger partial charge on any atom is -0.423 e. The Morgan fingerprint density at radius 3 is 3.00 bits per heavy atom. The Bertz CT molecular complexity index is 636. The molecule has 19 heavy (non-hydrogen) atoms. The maximum absolute atomic E-state index is 10.9. The van der Waals surface area contributed by atoms with Crippen molar-refractivity contribution >= 4 is 34.6 Å². The molecular formula is C12H13N3O3S. The van der Waals surface area contributed by atoms with Gasteiger partial charge >= 0.3 is 0 Å². The van der Waals surface area contributed by atoms with Crippen molar-refractivity contribution in [1.29, 1.82) is 0 Å². The SMILES string of the molecule is CSC1(CNc2nc3c([N+](=O)[O-])cccc3o2)CC1. The van der Waals surface area contributed by atoms with Crippen LogP contribution in [0.3, 0.4) is 0 Å². The van der Waals surface area contributed by atoms with E-state index in [9.17, 15) is 10.1 Å². The number of fused-ring (bicyclic) bond motifs is 1. The summed E-state index contributed by atoms with van der Waals surface area (Å²) in [7, 11) is 0. The molecule has 0 radical (unpaired) electrons. The van der Waals surface area contributed by atoms with E-state index in [1.165, 1.54) is 18.9 Å². The molecule has 1 heterocycles. The van der Waals surface area contributed by atoms with Crippen LogP contribution < -0.4 is 5.32 Å². The number of aromatic nitrogens is 1. The quantitative estimate of drug-likeness (QED) is 0.669. The van der Waals surface area contributed by atoms with Gasteiger partial charge in [-0.3, -0.25) is 10.1 Å². The van der Waals surface area contributed by atoms with Gasteiger partial charge in [0.05, 0.1) is 4.92 Å². The van der Waals surface area contributed by atoms with Crippen molar-refractivity contribution < 1.29 is 9.34 Å². The molecule has 1 fully saturated rings. The van der Waals surface area contributed by atoms with Gasteiger partial charge in [0.15, 0.2) is 11.1 Å². The molecule has 1 aromatic heterocycles. The highest BCUT2D eigenvalue weighted by atomic mass is 32.2. The van der Waals surface area contributed by atoms with E-state index in [-0.39, 0.29) is 10.4 Å². The normalized spacial score (nSPS) is 16.5. The van der Waals surface area contributed by atoms with Crippen LogP contribution in [0.15, 0.2) is 22.6 Å². The summed E-state index contributed by atoms with van der Waals surface area (Å²) in [4.78, 5) is 14.6. The molecule has 0 saturated heterocycles. The second-order valence-corrected chi connectivity index (χ2v) is 5.91. The van der Waals surface area contributed by atoms with Crippen LogP contribution in [0.25, 0.3) is 11.1 Å². The lowest BCUT2D eigenvalue weighted by molar-refractivity contribution is -0.383. The highest BCUT2D eigenvalue weighted by Crippen LogP contribution is 2.47. The molecule has 1 aliphatic carbocycles. The zero-order chi connectivity index (χ0) is 13.5. The molecular weight excluding hydrogens is 266 g/mol. The Morgan fingerprint density at radius 1 is 1.58 bits per heavy atom. The molecule has 0 atom stereocenters. The highest BCUT2D eigenvalue weighted by molar-refractivity contribution is 8.00. The minimum atomic E-state index is -0.446. The van der Waals surface area contributed by atoms with E-state index in [1.54, 1.807) is 12.1 Å². The largest absolute Gasteiger partial charge is 0.423 e. The summed E-state index contributed by atoms with van der Waals surface area (Å²) >= 11 is 1.83. The lowest BCUT2D eigenvalue weighted by Gasteiger charge is -2.10. The van der Waals surface area contributed by atoms with Crippen molar-refractivity contribution in [3.8, 4) is 0 Å². The Hall–Kier alpha value is -1.76. The van der Waals surface area contributed by atoms with Gasteiger partial charge in [-0.25, -0.2) is 0 Å². The molecule has 3 rings (SSSR count). The van der Waals surface area contributed by atoms with Crippen LogP contribution in [0.5, 0.6) is 0 Å². The van der Waals surface area contributed by atoms with E-state index in [4.69, 9.17) is 4.42 Å². The van der Waals surface area contributed by atoms with Gasteiger partial charge in [-0.15, -0.1) is 0 Å². The third-order valence-electron chi connectivity index (χ3n) is 3.40. The standard InChI is InChI=1S/C12H13N3O3S/c1-19-12(5-6-12)7-13-11-14-10-8(15(16)17)3-2-4-9(10)18-11/h2-4H,5-7H2,1H3,(H,13,14). The second-order valence-electron chi connectivity index (χ2n) is 4.64. The summed E-state index contributed by atoms with van der Waals surface area (Å²) in [5.41, 5.74) is 0.704. The first kappa shape index (κ1) is 12.3. The fraction of sp³-hybridized carbons (Fsp3) is 0.417. The number of nitro benzene ring substituents is 1. The molecule has 0 amide bonds. The predicted molar refractivity (Wildman–Crippen MR) is 74.6 cm³/mol. The first-order valence-corrected chi connectivity index (χ1v) is 7.19. The third kappa shape index (κ3) is 2.25. The zero-order valence-electron chi connectivity index (χ0n) is 10.4. The van der Waals surface area contributed by atoms with E-state index < -0.39 is 4.92 Å². The van der Waals surface area contributed by atoms with Crippen molar-refractivity contribution in [1.82, 2.24) is 4.98 Å². The van der Waals surface area contributed by atoms with Gasteiger partial charge in [-0.1, -0.05) is 6.07 Å². The fourth-order valence-corrected chi connectivity index (χ4v) is 2.71. The topological polar surface area (TPSA) is 81.2 Å². The van der Waals surface area contributed by atoms with Gasteiger partial charge in [0.1, 0.15) is 0 Å². The predicted octanol–water partition coefficient (Wildman–Crippen LogP) is 3.04. The monoisotopic (exact) mass is 279 g/mol. The molecule has 7 heteroatoms. The Morgan fingerprint density at radius 2 is 2.37 bits per heavy atom. The van der Waals surface area contributed by atoms with Gasteiger partial charge < -0.3 is 9.73 Å². The number of nitrogens with zero attached hydrogens (tertiary/aromatic N) is 2.